The Balaban J connectivity index is 2.33. The van der Waals surface area contributed by atoms with E-state index in [2.05, 4.69) is 4.72 Å². The minimum Gasteiger partial charge on any atom is -0.480 e. The minimum absolute atomic E-state index is 0.0698. The number of carboxylic acid groups (broad SMARTS) is 1. The molecule has 2 N–H and O–H groups in total. The van der Waals surface area contributed by atoms with Gasteiger partial charge in [0.15, 0.2) is 0 Å². The van der Waals surface area contributed by atoms with Crippen molar-refractivity contribution in [3.05, 3.63) is 42.5 Å². The molecule has 2 aromatic rings. The number of rotatable bonds is 6. The van der Waals surface area contributed by atoms with Gasteiger partial charge in [-0.2, -0.15) is 4.72 Å². The van der Waals surface area contributed by atoms with Gasteiger partial charge in [0.25, 0.3) is 0 Å². The van der Waals surface area contributed by atoms with Crippen molar-refractivity contribution in [3.8, 4) is 0 Å². The van der Waals surface area contributed by atoms with Gasteiger partial charge in [-0.05, 0) is 35.2 Å². The van der Waals surface area contributed by atoms with E-state index in [0.29, 0.717) is 0 Å². The van der Waals surface area contributed by atoms with Crippen molar-refractivity contribution >= 4 is 26.8 Å². The van der Waals surface area contributed by atoms with Gasteiger partial charge in [0, 0.05) is 0 Å². The Morgan fingerprint density at radius 2 is 1.77 bits per heavy atom. The van der Waals surface area contributed by atoms with Crippen LogP contribution in [0.25, 0.3) is 10.8 Å². The molecular weight excluding hydrogens is 302 g/mol. The highest BCUT2D eigenvalue weighted by Crippen LogP contribution is 2.19. The predicted molar refractivity (Wildman–Crippen MR) is 85.1 cm³/mol. The smallest absolute Gasteiger partial charge is 0.321 e. The van der Waals surface area contributed by atoms with Crippen LogP contribution in [-0.2, 0) is 14.8 Å². The topological polar surface area (TPSA) is 83.5 Å². The van der Waals surface area contributed by atoms with E-state index < -0.39 is 22.0 Å². The molecule has 0 aliphatic heterocycles. The van der Waals surface area contributed by atoms with Crippen molar-refractivity contribution in [1.29, 1.82) is 0 Å². The van der Waals surface area contributed by atoms with Crippen LogP contribution in [0.2, 0.25) is 0 Å². The molecule has 5 nitrogen and oxygen atoms in total. The van der Waals surface area contributed by atoms with Gasteiger partial charge in [-0.3, -0.25) is 4.79 Å². The van der Waals surface area contributed by atoms with Crippen LogP contribution in [0.1, 0.15) is 20.3 Å². The van der Waals surface area contributed by atoms with E-state index in [-0.39, 0.29) is 17.2 Å². The summed E-state index contributed by atoms with van der Waals surface area (Å²) in [6.45, 7) is 3.69. The molecule has 0 aliphatic rings. The molecular formula is C16H19NO4S. The molecule has 0 heterocycles. The molecule has 6 heteroatoms. The summed E-state index contributed by atoms with van der Waals surface area (Å²) in [6.07, 6.45) is 0.238. The van der Waals surface area contributed by atoms with Gasteiger partial charge in [-0.1, -0.05) is 44.2 Å². The lowest BCUT2D eigenvalue weighted by molar-refractivity contribution is -0.139. The van der Waals surface area contributed by atoms with Crippen LogP contribution in [0.15, 0.2) is 47.4 Å². The molecule has 0 bridgehead atoms. The normalized spacial score (nSPS) is 13.4. The predicted octanol–water partition coefficient (Wildman–Crippen LogP) is 2.62. The largest absolute Gasteiger partial charge is 0.480 e. The number of aliphatic carboxylic acids is 1. The van der Waals surface area contributed by atoms with Crippen LogP contribution >= 0.6 is 0 Å². The third kappa shape index (κ3) is 3.84. The zero-order valence-corrected chi connectivity index (χ0v) is 13.3. The van der Waals surface area contributed by atoms with Gasteiger partial charge in [-0.25, -0.2) is 8.42 Å². The molecule has 1 unspecified atom stereocenters. The third-order valence-electron chi connectivity index (χ3n) is 3.33. The zero-order chi connectivity index (χ0) is 16.3. The number of carbonyl (C=O) groups is 1. The van der Waals surface area contributed by atoms with Gasteiger partial charge in [-0.15, -0.1) is 0 Å². The maximum absolute atomic E-state index is 12.4. The van der Waals surface area contributed by atoms with E-state index in [0.717, 1.165) is 10.8 Å². The van der Waals surface area contributed by atoms with Crippen molar-refractivity contribution in [2.45, 2.75) is 31.2 Å². The first kappa shape index (κ1) is 16.5. The molecule has 0 amide bonds. The molecule has 2 aromatic carbocycles. The molecule has 2 rings (SSSR count). The molecule has 0 aliphatic carbocycles. The molecule has 0 radical (unpaired) electrons. The Hall–Kier alpha value is -1.92. The number of nitrogens with one attached hydrogen (secondary N) is 1. The van der Waals surface area contributed by atoms with Crippen LogP contribution in [0.4, 0.5) is 0 Å². The molecule has 0 spiro atoms. The second-order valence-corrected chi connectivity index (χ2v) is 7.36. The number of fused-ring (bicyclic) bond motifs is 1. The molecule has 1 atom stereocenters. The Morgan fingerprint density at radius 1 is 1.14 bits per heavy atom. The van der Waals surface area contributed by atoms with Crippen molar-refractivity contribution in [1.82, 2.24) is 4.72 Å². The fourth-order valence-electron chi connectivity index (χ4n) is 2.26. The summed E-state index contributed by atoms with van der Waals surface area (Å²) in [5.41, 5.74) is 0. The highest BCUT2D eigenvalue weighted by Gasteiger charge is 2.26. The third-order valence-corrected chi connectivity index (χ3v) is 4.80. The van der Waals surface area contributed by atoms with Gasteiger partial charge >= 0.3 is 5.97 Å². The van der Waals surface area contributed by atoms with Crippen LogP contribution in [-0.4, -0.2) is 25.5 Å². The monoisotopic (exact) mass is 321 g/mol. The maximum atomic E-state index is 12.4. The number of benzene rings is 2. The molecule has 22 heavy (non-hydrogen) atoms. The summed E-state index contributed by atoms with van der Waals surface area (Å²) in [7, 11) is -3.87. The molecule has 0 saturated carbocycles. The Bertz CT molecular complexity index is 784. The molecule has 0 fully saturated rings. The first-order valence-electron chi connectivity index (χ1n) is 7.03. The van der Waals surface area contributed by atoms with Crippen LogP contribution < -0.4 is 4.72 Å². The van der Waals surface area contributed by atoms with E-state index >= 15 is 0 Å². The van der Waals surface area contributed by atoms with Crippen LogP contribution in [0.5, 0.6) is 0 Å². The lowest BCUT2D eigenvalue weighted by Gasteiger charge is -2.16. The molecule has 0 saturated heterocycles. The van der Waals surface area contributed by atoms with E-state index in [1.54, 1.807) is 12.1 Å². The van der Waals surface area contributed by atoms with Crippen LogP contribution in [0.3, 0.4) is 0 Å². The summed E-state index contributed by atoms with van der Waals surface area (Å²) < 4.78 is 27.1. The minimum atomic E-state index is -3.87. The fourth-order valence-corrected chi connectivity index (χ4v) is 3.50. The fraction of sp³-hybridized carbons (Fsp3) is 0.312. The van der Waals surface area contributed by atoms with Gasteiger partial charge in [0.1, 0.15) is 6.04 Å². The first-order valence-corrected chi connectivity index (χ1v) is 8.52. The van der Waals surface area contributed by atoms with Gasteiger partial charge < -0.3 is 5.11 Å². The lowest BCUT2D eigenvalue weighted by Crippen LogP contribution is -2.41. The maximum Gasteiger partial charge on any atom is 0.321 e. The van der Waals surface area contributed by atoms with E-state index in [4.69, 9.17) is 0 Å². The summed E-state index contributed by atoms with van der Waals surface area (Å²) in [4.78, 5) is 11.3. The summed E-state index contributed by atoms with van der Waals surface area (Å²) in [5.74, 6) is -1.10. The van der Waals surface area contributed by atoms with Gasteiger partial charge in [0.2, 0.25) is 10.0 Å². The SMILES string of the molecule is CC(C)CC(NS(=O)(=O)c1ccc2ccccc2c1)C(=O)O. The van der Waals surface area contributed by atoms with Crippen molar-refractivity contribution < 1.29 is 18.3 Å². The average molecular weight is 321 g/mol. The highest BCUT2D eigenvalue weighted by molar-refractivity contribution is 7.89. The second kappa shape index (κ2) is 6.46. The average Bonchev–Trinajstić information content (AvgIpc) is 2.45. The Labute approximate surface area is 130 Å². The van der Waals surface area contributed by atoms with E-state index in [1.165, 1.54) is 6.07 Å². The second-order valence-electron chi connectivity index (χ2n) is 5.65. The number of sulfonamides is 1. The first-order chi connectivity index (χ1) is 10.3. The van der Waals surface area contributed by atoms with Crippen molar-refractivity contribution in [2.75, 3.05) is 0 Å². The van der Waals surface area contributed by atoms with Gasteiger partial charge in [0.05, 0.1) is 4.90 Å². The van der Waals surface area contributed by atoms with Crippen molar-refractivity contribution in [2.24, 2.45) is 5.92 Å². The van der Waals surface area contributed by atoms with E-state index in [1.807, 2.05) is 38.1 Å². The molecule has 0 aromatic heterocycles. The number of hydrogen-bond donors (Lipinski definition) is 2. The summed E-state index contributed by atoms with van der Waals surface area (Å²) >= 11 is 0. The van der Waals surface area contributed by atoms with Crippen molar-refractivity contribution in [3.63, 3.8) is 0 Å². The Morgan fingerprint density at radius 3 is 2.36 bits per heavy atom. The number of hydrogen-bond acceptors (Lipinski definition) is 3. The zero-order valence-electron chi connectivity index (χ0n) is 12.5. The summed E-state index contributed by atoms with van der Waals surface area (Å²) in [5, 5.41) is 10.9. The highest BCUT2D eigenvalue weighted by atomic mass is 32.2. The summed E-state index contributed by atoms with van der Waals surface area (Å²) in [6, 6.07) is 11.0. The van der Waals surface area contributed by atoms with Crippen LogP contribution in [0, 0.1) is 5.92 Å². The quantitative estimate of drug-likeness (QED) is 0.856. The molecule has 118 valence electrons. The Kier molecular flexibility index (Phi) is 4.83. The lowest BCUT2D eigenvalue weighted by atomic mass is 10.1. The van der Waals surface area contributed by atoms with E-state index in [9.17, 15) is 18.3 Å². The standard InChI is InChI=1S/C16H19NO4S/c1-11(2)9-15(16(18)19)17-22(20,21)14-8-7-12-5-3-4-6-13(12)10-14/h3-8,10-11,15,17H,9H2,1-2H3,(H,18,19). The number of carboxylic acids is 1.